The monoisotopic (exact) mass is 422 g/mol. The lowest BCUT2D eigenvalue weighted by Gasteiger charge is -2.38. The van der Waals surface area contributed by atoms with Crippen LogP contribution in [-0.2, 0) is 16.0 Å². The van der Waals surface area contributed by atoms with Gasteiger partial charge < -0.3 is 28.5 Å². The van der Waals surface area contributed by atoms with Crippen molar-refractivity contribution < 1.29 is 33.3 Å². The van der Waals surface area contributed by atoms with E-state index < -0.39 is 17.1 Å². The topological polar surface area (TPSA) is 87.4 Å². The Morgan fingerprint density at radius 3 is 2.35 bits per heavy atom. The van der Waals surface area contributed by atoms with E-state index >= 15 is 0 Å². The predicted molar refractivity (Wildman–Crippen MR) is 110 cm³/mol. The molecular weight excluding hydrogens is 400 g/mol. The fraction of sp³-hybridized carbons (Fsp3) is 0.292. The number of aliphatic hydroxyl groups is 1. The van der Waals surface area contributed by atoms with E-state index in [-0.39, 0.29) is 12.2 Å². The van der Waals surface area contributed by atoms with Crippen LogP contribution in [0.5, 0.6) is 23.0 Å². The van der Waals surface area contributed by atoms with Crippen LogP contribution in [0.2, 0.25) is 0 Å². The lowest BCUT2D eigenvalue weighted by molar-refractivity contribution is -0.151. The van der Waals surface area contributed by atoms with E-state index in [4.69, 9.17) is 23.4 Å². The molecule has 0 saturated heterocycles. The Morgan fingerprint density at radius 1 is 1.00 bits per heavy atom. The molecule has 1 aromatic heterocycles. The van der Waals surface area contributed by atoms with Gasteiger partial charge >= 0.3 is 0 Å². The first kappa shape index (κ1) is 19.5. The second-order valence-corrected chi connectivity index (χ2v) is 7.67. The summed E-state index contributed by atoms with van der Waals surface area (Å²) >= 11 is 0. The van der Waals surface area contributed by atoms with Crippen LogP contribution < -0.4 is 18.9 Å². The number of hydrogen-bond donors (Lipinski definition) is 1. The quantitative estimate of drug-likeness (QED) is 0.673. The fourth-order valence-corrected chi connectivity index (χ4v) is 4.96. The molecule has 0 radical (unpaired) electrons. The van der Waals surface area contributed by atoms with Crippen molar-refractivity contribution in [1.82, 2.24) is 0 Å². The van der Waals surface area contributed by atoms with Crippen LogP contribution in [0.3, 0.4) is 0 Å². The van der Waals surface area contributed by atoms with Gasteiger partial charge in [-0.25, -0.2) is 0 Å². The van der Waals surface area contributed by atoms with Gasteiger partial charge in [-0.15, -0.1) is 0 Å². The van der Waals surface area contributed by atoms with E-state index in [1.807, 2.05) is 0 Å². The molecule has 31 heavy (non-hydrogen) atoms. The van der Waals surface area contributed by atoms with Gasteiger partial charge in [-0.2, -0.15) is 0 Å². The Morgan fingerprint density at radius 2 is 1.74 bits per heavy atom. The lowest BCUT2D eigenvalue weighted by Crippen LogP contribution is -2.50. The highest BCUT2D eigenvalue weighted by atomic mass is 16.5. The number of ketones is 1. The second kappa shape index (κ2) is 6.78. The highest BCUT2D eigenvalue weighted by Gasteiger charge is 2.74. The van der Waals surface area contributed by atoms with Crippen molar-refractivity contribution in [3.63, 3.8) is 0 Å². The van der Waals surface area contributed by atoms with Gasteiger partial charge in [0.15, 0.2) is 17.0 Å². The van der Waals surface area contributed by atoms with Crippen molar-refractivity contribution in [3.8, 4) is 23.0 Å². The molecule has 0 bridgehead atoms. The molecule has 0 spiro atoms. The summed E-state index contributed by atoms with van der Waals surface area (Å²) in [5.41, 5.74) is -2.51. The van der Waals surface area contributed by atoms with Crippen LogP contribution in [0, 0.1) is 0 Å². The van der Waals surface area contributed by atoms with Gasteiger partial charge in [-0.05, 0) is 24.3 Å². The number of Topliss-reactive ketones (excluding diaryl/α,β-unsaturated/α-hetero) is 1. The van der Waals surface area contributed by atoms with E-state index in [1.165, 1.54) is 14.2 Å². The van der Waals surface area contributed by atoms with Gasteiger partial charge in [0.25, 0.3) is 0 Å². The van der Waals surface area contributed by atoms with Gasteiger partial charge in [0.05, 0.1) is 39.1 Å². The molecule has 1 aliphatic heterocycles. The largest absolute Gasteiger partial charge is 0.497 e. The molecule has 3 aromatic rings. The molecular formula is C24H22O7. The van der Waals surface area contributed by atoms with Gasteiger partial charge in [-0.3, -0.25) is 4.79 Å². The van der Waals surface area contributed by atoms with Crippen molar-refractivity contribution in [1.29, 1.82) is 0 Å². The molecule has 0 unspecified atom stereocenters. The number of hydrogen-bond acceptors (Lipinski definition) is 7. The predicted octanol–water partition coefficient (Wildman–Crippen LogP) is 3.54. The highest BCUT2D eigenvalue weighted by Crippen LogP contribution is 2.67. The maximum Gasteiger partial charge on any atom is 0.200 e. The fourth-order valence-electron chi connectivity index (χ4n) is 4.96. The first-order chi connectivity index (χ1) is 15.0. The lowest BCUT2D eigenvalue weighted by atomic mass is 9.72. The summed E-state index contributed by atoms with van der Waals surface area (Å²) in [4.78, 5) is 13.5. The molecule has 1 N–H and O–H groups in total. The van der Waals surface area contributed by atoms with E-state index in [0.29, 0.717) is 39.9 Å². The molecule has 1 saturated carbocycles. The minimum absolute atomic E-state index is 0.0463. The molecule has 2 heterocycles. The first-order valence-corrected chi connectivity index (χ1v) is 9.88. The highest BCUT2D eigenvalue weighted by molar-refractivity contribution is 5.97. The maximum atomic E-state index is 13.5. The minimum atomic E-state index is -1.98. The Balaban J connectivity index is 1.81. The zero-order valence-corrected chi connectivity index (χ0v) is 17.4. The molecule has 3 atom stereocenters. The Kier molecular flexibility index (Phi) is 4.27. The number of ether oxygens (including phenoxy) is 4. The SMILES string of the molecule is COc1ccc([C@@]23Oc4cc(OC)cc(OC)c4[C@]2(O)C(=O)C[C@H]3c2ccco2)cc1. The molecule has 160 valence electrons. The van der Waals surface area contributed by atoms with Gasteiger partial charge in [0.1, 0.15) is 28.8 Å². The van der Waals surface area contributed by atoms with Crippen molar-refractivity contribution in [2.75, 3.05) is 21.3 Å². The average Bonchev–Trinajstić information content (AvgIpc) is 3.47. The number of benzene rings is 2. The summed E-state index contributed by atoms with van der Waals surface area (Å²) in [6.07, 6.45) is 1.59. The maximum absolute atomic E-state index is 13.5. The van der Waals surface area contributed by atoms with Crippen molar-refractivity contribution in [2.45, 2.75) is 23.5 Å². The number of rotatable bonds is 5. The normalized spacial score (nSPS) is 26.2. The van der Waals surface area contributed by atoms with Crippen LogP contribution in [-0.4, -0.2) is 32.2 Å². The zero-order valence-electron chi connectivity index (χ0n) is 17.4. The number of furan rings is 1. The molecule has 5 rings (SSSR count). The van der Waals surface area contributed by atoms with Crippen LogP contribution in [0.1, 0.15) is 29.2 Å². The standard InChI is InChI=1S/C24H22O7/c1-27-15-8-6-14(7-9-15)24-17(18-5-4-10-30-18)13-21(25)23(24,26)22-19(29-3)11-16(28-2)12-20(22)31-24/h4-12,17,26H,13H2,1-3H3/t17-,23+,24-/m0/s1. The summed E-state index contributed by atoms with van der Waals surface area (Å²) in [6.45, 7) is 0. The third-order valence-corrected chi connectivity index (χ3v) is 6.35. The Hall–Kier alpha value is -3.45. The number of methoxy groups -OCH3 is 3. The average molecular weight is 422 g/mol. The van der Waals surface area contributed by atoms with E-state index in [9.17, 15) is 9.90 Å². The van der Waals surface area contributed by atoms with E-state index in [1.54, 1.807) is 61.9 Å². The molecule has 2 aromatic carbocycles. The summed E-state index contributed by atoms with van der Waals surface area (Å²) in [5.74, 6) is 1.42. The van der Waals surface area contributed by atoms with E-state index in [0.717, 1.165) is 0 Å². The zero-order chi connectivity index (χ0) is 21.8. The number of fused-ring (bicyclic) bond motifs is 3. The second-order valence-electron chi connectivity index (χ2n) is 7.67. The van der Waals surface area contributed by atoms with Crippen LogP contribution in [0.15, 0.2) is 59.2 Å². The summed E-state index contributed by atoms with van der Waals surface area (Å²) < 4.78 is 28.4. The van der Waals surface area contributed by atoms with Gasteiger partial charge in [-0.1, -0.05) is 12.1 Å². The molecule has 7 nitrogen and oxygen atoms in total. The smallest absolute Gasteiger partial charge is 0.200 e. The molecule has 1 fully saturated rings. The first-order valence-electron chi connectivity index (χ1n) is 9.88. The van der Waals surface area contributed by atoms with Crippen molar-refractivity contribution in [2.24, 2.45) is 0 Å². The summed E-state index contributed by atoms with van der Waals surface area (Å²) in [7, 11) is 4.59. The van der Waals surface area contributed by atoms with Crippen molar-refractivity contribution >= 4 is 5.78 Å². The van der Waals surface area contributed by atoms with Crippen LogP contribution in [0.4, 0.5) is 0 Å². The Bertz CT molecular complexity index is 1140. The molecule has 7 heteroatoms. The number of carbonyl (C=O) groups is 1. The van der Waals surface area contributed by atoms with Gasteiger partial charge in [0, 0.05) is 24.1 Å². The van der Waals surface area contributed by atoms with Crippen molar-refractivity contribution in [3.05, 3.63) is 71.7 Å². The van der Waals surface area contributed by atoms with E-state index in [2.05, 4.69) is 0 Å². The molecule has 0 amide bonds. The third kappa shape index (κ3) is 2.41. The summed E-state index contributed by atoms with van der Waals surface area (Å²) in [6, 6.07) is 14.0. The Labute approximate surface area is 179 Å². The van der Waals surface area contributed by atoms with Crippen LogP contribution in [0.25, 0.3) is 0 Å². The van der Waals surface area contributed by atoms with Gasteiger partial charge in [0.2, 0.25) is 0 Å². The van der Waals surface area contributed by atoms with Crippen LogP contribution >= 0.6 is 0 Å². The number of carbonyl (C=O) groups excluding carboxylic acids is 1. The molecule has 2 aliphatic rings. The third-order valence-electron chi connectivity index (χ3n) is 6.35. The minimum Gasteiger partial charge on any atom is -0.497 e. The molecule has 1 aliphatic carbocycles. The summed E-state index contributed by atoms with van der Waals surface area (Å²) in [5, 5.41) is 12.2.